The Morgan fingerprint density at radius 3 is 2.73 bits per heavy atom. The number of unbranched alkanes of at least 4 members (excludes halogenated alkanes) is 1. The van der Waals surface area contributed by atoms with Crippen molar-refractivity contribution in [3.05, 3.63) is 6.92 Å². The molecule has 0 saturated heterocycles. The Hall–Kier alpha value is -0.0800. The van der Waals surface area contributed by atoms with Crippen molar-refractivity contribution in [2.45, 2.75) is 38.6 Å². The molecule has 2 nitrogen and oxygen atoms in total. The van der Waals surface area contributed by atoms with Crippen molar-refractivity contribution in [3.63, 3.8) is 0 Å². The van der Waals surface area contributed by atoms with E-state index in [1.807, 2.05) is 0 Å². The zero-order chi connectivity index (χ0) is 8.53. The largest absolute Gasteiger partial charge is 0.381 e. The Labute approximate surface area is 70.1 Å². The Bertz CT molecular complexity index is 76.0. The third-order valence-corrected chi connectivity index (χ3v) is 1.65. The average molecular weight is 158 g/mol. The van der Waals surface area contributed by atoms with Crippen LogP contribution in [-0.2, 0) is 4.74 Å². The molecule has 1 unspecified atom stereocenters. The molecule has 0 saturated carbocycles. The highest BCUT2D eigenvalue weighted by atomic mass is 16.5. The van der Waals surface area contributed by atoms with Gasteiger partial charge in [-0.15, -0.1) is 0 Å². The molecule has 1 atom stereocenters. The highest BCUT2D eigenvalue weighted by Gasteiger charge is 1.97. The maximum Gasteiger partial charge on any atom is 0.0480 e. The van der Waals surface area contributed by atoms with E-state index >= 15 is 0 Å². The molecule has 0 aliphatic heterocycles. The Morgan fingerprint density at radius 2 is 2.18 bits per heavy atom. The third-order valence-electron chi connectivity index (χ3n) is 1.65. The van der Waals surface area contributed by atoms with Crippen molar-refractivity contribution in [2.75, 3.05) is 13.2 Å². The zero-order valence-electron chi connectivity index (χ0n) is 7.51. The lowest BCUT2D eigenvalue weighted by molar-refractivity contribution is 0.124. The van der Waals surface area contributed by atoms with Gasteiger partial charge in [-0.3, -0.25) is 0 Å². The highest BCUT2D eigenvalue weighted by molar-refractivity contribution is 4.60. The van der Waals surface area contributed by atoms with E-state index in [1.54, 1.807) is 0 Å². The molecule has 0 amide bonds. The smallest absolute Gasteiger partial charge is 0.0480 e. The molecule has 0 aliphatic carbocycles. The fraction of sp³-hybridized carbons (Fsp3) is 0.889. The molecule has 0 rings (SSSR count). The van der Waals surface area contributed by atoms with Gasteiger partial charge in [0.15, 0.2) is 0 Å². The normalized spacial score (nSPS) is 13.4. The number of hydrogen-bond acceptors (Lipinski definition) is 2. The fourth-order valence-electron chi connectivity index (χ4n) is 0.728. The first-order valence-corrected chi connectivity index (χ1v) is 4.43. The summed E-state index contributed by atoms with van der Waals surface area (Å²) in [7, 11) is 0. The number of nitrogens with two attached hydrogens (primary N) is 1. The van der Waals surface area contributed by atoms with E-state index in [9.17, 15) is 0 Å². The van der Waals surface area contributed by atoms with Crippen LogP contribution in [0.3, 0.4) is 0 Å². The minimum atomic E-state index is 0.219. The summed E-state index contributed by atoms with van der Waals surface area (Å²) in [4.78, 5) is 0. The van der Waals surface area contributed by atoms with Gasteiger partial charge in [-0.05, 0) is 19.3 Å². The second-order valence-electron chi connectivity index (χ2n) is 2.80. The highest BCUT2D eigenvalue weighted by Crippen LogP contribution is 1.94. The van der Waals surface area contributed by atoms with Gasteiger partial charge in [-0.1, -0.05) is 20.3 Å². The lowest BCUT2D eigenvalue weighted by atomic mass is 10.2. The van der Waals surface area contributed by atoms with E-state index in [-0.39, 0.29) is 6.04 Å². The van der Waals surface area contributed by atoms with Crippen molar-refractivity contribution >= 4 is 0 Å². The molecule has 0 aromatic carbocycles. The summed E-state index contributed by atoms with van der Waals surface area (Å²) in [5.41, 5.74) is 5.65. The lowest BCUT2D eigenvalue weighted by Crippen LogP contribution is -2.20. The molecule has 0 aromatic rings. The van der Waals surface area contributed by atoms with Crippen LogP contribution in [-0.4, -0.2) is 19.3 Å². The summed E-state index contributed by atoms with van der Waals surface area (Å²) in [5.74, 6) is 0. The topological polar surface area (TPSA) is 35.2 Å². The first-order valence-electron chi connectivity index (χ1n) is 4.43. The van der Waals surface area contributed by atoms with Crippen LogP contribution in [0.15, 0.2) is 0 Å². The second kappa shape index (κ2) is 8.02. The Kier molecular flexibility index (Phi) is 7.96. The van der Waals surface area contributed by atoms with Crippen LogP contribution >= 0.6 is 0 Å². The fourth-order valence-corrected chi connectivity index (χ4v) is 0.728. The van der Waals surface area contributed by atoms with Crippen molar-refractivity contribution in [1.82, 2.24) is 0 Å². The third kappa shape index (κ3) is 7.82. The first-order chi connectivity index (χ1) is 5.31. The van der Waals surface area contributed by atoms with Gasteiger partial charge < -0.3 is 10.5 Å². The maximum atomic E-state index is 5.65. The molecule has 0 heterocycles. The molecule has 1 radical (unpaired) electrons. The molecule has 67 valence electrons. The monoisotopic (exact) mass is 158 g/mol. The molecule has 2 N–H and O–H groups in total. The van der Waals surface area contributed by atoms with Crippen LogP contribution < -0.4 is 5.73 Å². The summed E-state index contributed by atoms with van der Waals surface area (Å²) in [5, 5.41) is 0. The molecule has 0 bridgehead atoms. The number of hydrogen-bond donors (Lipinski definition) is 1. The summed E-state index contributed by atoms with van der Waals surface area (Å²) < 4.78 is 5.34. The quantitative estimate of drug-likeness (QED) is 0.573. The van der Waals surface area contributed by atoms with E-state index in [2.05, 4.69) is 13.8 Å². The van der Waals surface area contributed by atoms with E-state index in [1.165, 1.54) is 6.42 Å². The average Bonchev–Trinajstić information content (AvgIpc) is 2.04. The molecule has 0 fully saturated rings. The molecule has 0 spiro atoms. The van der Waals surface area contributed by atoms with Gasteiger partial charge in [0.2, 0.25) is 0 Å². The van der Waals surface area contributed by atoms with Crippen LogP contribution in [0.2, 0.25) is 0 Å². The maximum absolute atomic E-state index is 5.65. The number of ether oxygens (including phenoxy) is 1. The second-order valence-corrected chi connectivity index (χ2v) is 2.80. The molecule has 0 aromatic heterocycles. The first kappa shape index (κ1) is 10.9. The van der Waals surface area contributed by atoms with Gasteiger partial charge in [0.25, 0.3) is 0 Å². The van der Waals surface area contributed by atoms with Crippen LogP contribution in [0.1, 0.15) is 32.6 Å². The predicted octanol–water partition coefficient (Wildman–Crippen LogP) is 1.74. The van der Waals surface area contributed by atoms with Crippen LogP contribution in [0.4, 0.5) is 0 Å². The molecule has 2 heteroatoms. The van der Waals surface area contributed by atoms with Crippen molar-refractivity contribution < 1.29 is 4.74 Å². The standard InChI is InChI=1S/C9H20NO/c1-3-5-7-11-8-6-9(10)4-2/h9H,2-8,10H2,1H3. The molecule has 11 heavy (non-hydrogen) atoms. The van der Waals surface area contributed by atoms with Gasteiger partial charge in [0.05, 0.1) is 0 Å². The van der Waals surface area contributed by atoms with Gasteiger partial charge in [0, 0.05) is 19.3 Å². The Morgan fingerprint density at radius 1 is 1.45 bits per heavy atom. The molecular weight excluding hydrogens is 138 g/mol. The van der Waals surface area contributed by atoms with Crippen LogP contribution in [0.5, 0.6) is 0 Å². The van der Waals surface area contributed by atoms with Gasteiger partial charge >= 0.3 is 0 Å². The van der Waals surface area contributed by atoms with E-state index in [0.29, 0.717) is 0 Å². The SMILES string of the molecule is [CH2]CC(N)CCOCCCC. The summed E-state index contributed by atoms with van der Waals surface area (Å²) >= 11 is 0. The summed E-state index contributed by atoms with van der Waals surface area (Å²) in [6.45, 7) is 7.54. The van der Waals surface area contributed by atoms with Gasteiger partial charge in [-0.25, -0.2) is 0 Å². The molecule has 0 aliphatic rings. The van der Waals surface area contributed by atoms with Crippen molar-refractivity contribution in [3.8, 4) is 0 Å². The minimum Gasteiger partial charge on any atom is -0.381 e. The molecular formula is C9H20NO. The van der Waals surface area contributed by atoms with E-state index in [0.717, 1.165) is 32.5 Å². The minimum absolute atomic E-state index is 0.219. The zero-order valence-corrected chi connectivity index (χ0v) is 7.51. The predicted molar refractivity (Wildman–Crippen MR) is 48.3 cm³/mol. The van der Waals surface area contributed by atoms with Crippen molar-refractivity contribution in [2.24, 2.45) is 5.73 Å². The lowest BCUT2D eigenvalue weighted by Gasteiger charge is -2.08. The van der Waals surface area contributed by atoms with Crippen LogP contribution in [0, 0.1) is 6.92 Å². The Balaban J connectivity index is 2.89. The van der Waals surface area contributed by atoms with E-state index < -0.39 is 0 Å². The summed E-state index contributed by atoms with van der Waals surface area (Å²) in [6.07, 6.45) is 4.09. The van der Waals surface area contributed by atoms with E-state index in [4.69, 9.17) is 10.5 Å². The van der Waals surface area contributed by atoms with Gasteiger partial charge in [0.1, 0.15) is 0 Å². The van der Waals surface area contributed by atoms with Gasteiger partial charge in [-0.2, -0.15) is 0 Å². The van der Waals surface area contributed by atoms with Crippen molar-refractivity contribution in [1.29, 1.82) is 0 Å². The van der Waals surface area contributed by atoms with Crippen LogP contribution in [0.25, 0.3) is 0 Å². The number of rotatable bonds is 7. The summed E-state index contributed by atoms with van der Waals surface area (Å²) in [6, 6.07) is 0.219.